The van der Waals surface area contributed by atoms with E-state index < -0.39 is 24.1 Å². The molecule has 0 fully saturated rings. The van der Waals surface area contributed by atoms with E-state index in [9.17, 15) is 14.0 Å². The molecule has 0 amide bonds. The van der Waals surface area contributed by atoms with Gasteiger partial charge in [0.15, 0.2) is 12.2 Å². The van der Waals surface area contributed by atoms with Crippen LogP contribution in [-0.4, -0.2) is 55.7 Å². The van der Waals surface area contributed by atoms with Gasteiger partial charge < -0.3 is 30.7 Å². The van der Waals surface area contributed by atoms with E-state index >= 15 is 0 Å². The number of aliphatic hydroxyl groups is 2. The van der Waals surface area contributed by atoms with E-state index in [1.54, 1.807) is 6.07 Å². The fourth-order valence-corrected chi connectivity index (χ4v) is 2.21. The molecule has 8 nitrogen and oxygen atoms in total. The molecule has 1 heterocycles. The van der Waals surface area contributed by atoms with Crippen molar-refractivity contribution in [2.75, 3.05) is 6.54 Å². The summed E-state index contributed by atoms with van der Waals surface area (Å²) in [6.07, 6.45) is -0.623. The van der Waals surface area contributed by atoms with Crippen LogP contribution in [-0.2, 0) is 23.1 Å². The Bertz CT molecular complexity index is 728. The van der Waals surface area contributed by atoms with Crippen molar-refractivity contribution in [2.24, 2.45) is 12.8 Å². The highest BCUT2D eigenvalue weighted by atomic mass is 19.1. The highest BCUT2D eigenvalue weighted by Crippen LogP contribution is 2.22. The second-order valence-corrected chi connectivity index (χ2v) is 5.39. The molecule has 2 aromatic rings. The van der Waals surface area contributed by atoms with E-state index in [2.05, 4.69) is 6.20 Å². The number of aromatic nitrogens is 1. The molecular weight excluding hydrogens is 335 g/mol. The first-order valence-corrected chi connectivity index (χ1v) is 7.44. The van der Waals surface area contributed by atoms with E-state index in [0.29, 0.717) is 6.54 Å². The summed E-state index contributed by atoms with van der Waals surface area (Å²) in [5.74, 6) is -3.72. The minimum absolute atomic E-state index is 0.178. The normalized spacial score (nSPS) is 13.0. The van der Waals surface area contributed by atoms with Crippen LogP contribution in [0.4, 0.5) is 4.39 Å². The van der Waals surface area contributed by atoms with Crippen molar-refractivity contribution in [3.05, 3.63) is 35.8 Å². The molecule has 1 aromatic heterocycles. The summed E-state index contributed by atoms with van der Waals surface area (Å²) >= 11 is 0. The molecule has 0 radical (unpaired) electrons. The molecule has 0 aliphatic carbocycles. The van der Waals surface area contributed by atoms with Gasteiger partial charge in [-0.25, -0.2) is 14.0 Å². The van der Waals surface area contributed by atoms with Gasteiger partial charge in [0, 0.05) is 24.1 Å². The van der Waals surface area contributed by atoms with Crippen molar-refractivity contribution in [1.29, 1.82) is 0 Å². The van der Waals surface area contributed by atoms with Crippen molar-refractivity contribution in [3.63, 3.8) is 0 Å². The Morgan fingerprint density at radius 2 is 1.76 bits per heavy atom. The van der Waals surface area contributed by atoms with E-state index in [0.717, 1.165) is 23.7 Å². The molecule has 2 unspecified atom stereocenters. The molecule has 2 rings (SSSR count). The first kappa shape index (κ1) is 20.6. The van der Waals surface area contributed by atoms with E-state index in [4.69, 9.17) is 26.2 Å². The van der Waals surface area contributed by atoms with Gasteiger partial charge in [0.2, 0.25) is 0 Å². The van der Waals surface area contributed by atoms with Crippen LogP contribution < -0.4 is 5.73 Å². The van der Waals surface area contributed by atoms with Gasteiger partial charge >= 0.3 is 11.9 Å². The number of carbonyl (C=O) groups is 2. The number of halogens is 1. The topological polar surface area (TPSA) is 146 Å². The summed E-state index contributed by atoms with van der Waals surface area (Å²) in [5, 5.41) is 33.5. The average molecular weight is 356 g/mol. The summed E-state index contributed by atoms with van der Waals surface area (Å²) in [4.78, 5) is 19.5. The lowest BCUT2D eigenvalue weighted by Crippen LogP contribution is -2.39. The lowest BCUT2D eigenvalue weighted by atomic mass is 10.1. The predicted octanol–water partition coefficient (Wildman–Crippen LogP) is 0.0861. The molecule has 25 heavy (non-hydrogen) atoms. The number of aliphatic hydroxyl groups excluding tert-OH is 2. The highest BCUT2D eigenvalue weighted by molar-refractivity contribution is 5.84. The van der Waals surface area contributed by atoms with Gasteiger partial charge in [0.1, 0.15) is 5.82 Å². The minimum Gasteiger partial charge on any atom is -0.479 e. The lowest BCUT2D eigenvalue weighted by molar-refractivity contribution is -0.165. The zero-order valence-corrected chi connectivity index (χ0v) is 13.6. The number of hydrogen-bond donors (Lipinski definition) is 5. The van der Waals surface area contributed by atoms with Gasteiger partial charge in [-0.2, -0.15) is 0 Å². The summed E-state index contributed by atoms with van der Waals surface area (Å²) in [6, 6.07) is 4.91. The average Bonchev–Trinajstić information content (AvgIpc) is 2.87. The van der Waals surface area contributed by atoms with Crippen molar-refractivity contribution < 1.29 is 34.4 Å². The van der Waals surface area contributed by atoms with Gasteiger partial charge in [-0.3, -0.25) is 0 Å². The maximum Gasteiger partial charge on any atom is 0.335 e. The lowest BCUT2D eigenvalue weighted by Gasteiger charge is -2.07. The van der Waals surface area contributed by atoms with Gasteiger partial charge in [-0.1, -0.05) is 0 Å². The second-order valence-electron chi connectivity index (χ2n) is 5.39. The zero-order chi connectivity index (χ0) is 19.1. The largest absolute Gasteiger partial charge is 0.479 e. The van der Waals surface area contributed by atoms with E-state index in [1.807, 2.05) is 17.7 Å². The Morgan fingerprint density at radius 3 is 2.24 bits per heavy atom. The Morgan fingerprint density at radius 1 is 1.20 bits per heavy atom. The van der Waals surface area contributed by atoms with Crippen molar-refractivity contribution in [2.45, 2.75) is 25.0 Å². The van der Waals surface area contributed by atoms with Gasteiger partial charge in [-0.15, -0.1) is 0 Å². The fraction of sp³-hybridized carbons (Fsp3) is 0.375. The van der Waals surface area contributed by atoms with Gasteiger partial charge in [0.05, 0.1) is 0 Å². The molecule has 0 aliphatic heterocycles. The SMILES string of the molecule is Cn1cc(CCCN)c2cc(F)ccc21.O=C(O)C(O)C(O)C(=O)O. The molecule has 0 bridgehead atoms. The Labute approximate surface area is 142 Å². The van der Waals surface area contributed by atoms with Crippen LogP contribution >= 0.6 is 0 Å². The van der Waals surface area contributed by atoms with Crippen molar-refractivity contribution in [1.82, 2.24) is 4.57 Å². The number of aryl methyl sites for hydroxylation is 2. The number of carboxylic acids is 2. The van der Waals surface area contributed by atoms with Crippen LogP contribution in [0, 0.1) is 5.82 Å². The monoisotopic (exact) mass is 356 g/mol. The number of hydrogen-bond acceptors (Lipinski definition) is 5. The molecule has 138 valence electrons. The third-order valence-electron chi connectivity index (χ3n) is 3.49. The summed E-state index contributed by atoms with van der Waals surface area (Å²) in [6.45, 7) is 0.672. The summed E-state index contributed by atoms with van der Waals surface area (Å²) < 4.78 is 15.1. The number of carboxylic acid groups (broad SMARTS) is 2. The first-order chi connectivity index (χ1) is 11.7. The zero-order valence-electron chi connectivity index (χ0n) is 13.6. The number of benzene rings is 1. The third-order valence-corrected chi connectivity index (χ3v) is 3.49. The van der Waals surface area contributed by atoms with Gasteiger partial charge in [0.25, 0.3) is 0 Å². The van der Waals surface area contributed by atoms with Gasteiger partial charge in [-0.05, 0) is 43.1 Å². The predicted molar refractivity (Wildman–Crippen MR) is 87.5 cm³/mol. The number of nitrogens with zero attached hydrogens (tertiary/aromatic N) is 1. The minimum atomic E-state index is -2.27. The molecular formula is C16H21FN2O6. The molecule has 2 atom stereocenters. The van der Waals surface area contributed by atoms with Crippen LogP contribution in [0.2, 0.25) is 0 Å². The Balaban J connectivity index is 0.000000275. The van der Waals surface area contributed by atoms with Crippen LogP contribution in [0.5, 0.6) is 0 Å². The quantitative estimate of drug-likeness (QED) is 0.493. The maximum absolute atomic E-state index is 13.1. The van der Waals surface area contributed by atoms with Crippen molar-refractivity contribution >= 4 is 22.8 Å². The van der Waals surface area contributed by atoms with Crippen LogP contribution in [0.25, 0.3) is 10.9 Å². The third kappa shape index (κ3) is 5.52. The number of aliphatic carboxylic acids is 2. The number of fused-ring (bicyclic) bond motifs is 1. The second kappa shape index (κ2) is 9.11. The standard InChI is InChI=1S/C12H15FN2.C4H6O6/c1-15-8-9(3-2-6-14)11-7-10(13)4-5-12(11)15;5-1(3(7)8)2(6)4(9)10/h4-5,7-8H,2-3,6,14H2,1H3;1-2,5-6H,(H,7,8)(H,9,10). The smallest absolute Gasteiger partial charge is 0.335 e. The highest BCUT2D eigenvalue weighted by Gasteiger charge is 2.29. The number of rotatable bonds is 6. The van der Waals surface area contributed by atoms with E-state index in [-0.39, 0.29) is 5.82 Å². The fourth-order valence-electron chi connectivity index (χ4n) is 2.21. The summed E-state index contributed by atoms with van der Waals surface area (Å²) in [7, 11) is 1.98. The van der Waals surface area contributed by atoms with Crippen LogP contribution in [0.3, 0.4) is 0 Å². The van der Waals surface area contributed by atoms with Crippen LogP contribution in [0.15, 0.2) is 24.4 Å². The van der Waals surface area contributed by atoms with Crippen molar-refractivity contribution in [3.8, 4) is 0 Å². The Hall–Kier alpha value is -2.49. The molecule has 0 saturated carbocycles. The molecule has 0 aliphatic rings. The molecule has 9 heteroatoms. The molecule has 6 N–H and O–H groups in total. The van der Waals surface area contributed by atoms with Crippen LogP contribution in [0.1, 0.15) is 12.0 Å². The summed E-state index contributed by atoms with van der Waals surface area (Å²) in [5.41, 5.74) is 7.73. The van der Waals surface area contributed by atoms with E-state index in [1.165, 1.54) is 11.6 Å². The molecule has 0 saturated heterocycles. The Kier molecular flexibility index (Phi) is 7.49. The molecule has 1 aromatic carbocycles. The maximum atomic E-state index is 13.1. The molecule has 0 spiro atoms. The number of nitrogens with two attached hydrogens (primary N) is 1. The first-order valence-electron chi connectivity index (χ1n) is 7.44.